The van der Waals surface area contributed by atoms with Crippen LogP contribution in [0.2, 0.25) is 5.02 Å². The van der Waals surface area contributed by atoms with Crippen LogP contribution in [0.3, 0.4) is 0 Å². The molecule has 0 radical (unpaired) electrons. The number of hydrogen-bond acceptors (Lipinski definition) is 14. The first-order chi connectivity index (χ1) is 25.1. The average molecular weight is 822 g/mol. The van der Waals surface area contributed by atoms with Crippen LogP contribution in [-0.4, -0.2) is 82.9 Å². The molecule has 54 heavy (non-hydrogen) atoms. The summed E-state index contributed by atoms with van der Waals surface area (Å²) in [6, 6.07) is 10.1. The van der Waals surface area contributed by atoms with Gasteiger partial charge in [-0.2, -0.15) is 28.2 Å². The molecule has 0 bridgehead atoms. The van der Waals surface area contributed by atoms with Gasteiger partial charge in [0.05, 0.1) is 23.8 Å². The van der Waals surface area contributed by atoms with Crippen molar-refractivity contribution in [2.24, 2.45) is 0 Å². The van der Waals surface area contributed by atoms with Crippen molar-refractivity contribution in [1.82, 2.24) is 24.5 Å². The number of aromatic nitrogens is 3. The molecule has 294 valence electrons. The molecule has 1 aliphatic rings. The van der Waals surface area contributed by atoms with Crippen molar-refractivity contribution in [3.63, 3.8) is 0 Å². The van der Waals surface area contributed by atoms with Crippen molar-refractivity contribution in [3.05, 3.63) is 76.9 Å². The van der Waals surface area contributed by atoms with Crippen molar-refractivity contribution >= 4 is 58.1 Å². The summed E-state index contributed by atoms with van der Waals surface area (Å²) in [5.74, 6) is -1.34. The van der Waals surface area contributed by atoms with E-state index in [-0.39, 0.29) is 34.1 Å². The number of halogens is 4. The van der Waals surface area contributed by atoms with Gasteiger partial charge in [-0.3, -0.25) is 14.3 Å². The smallest absolute Gasteiger partial charge is 0.459 e. The Bertz CT molecular complexity index is 2160. The molecule has 0 amide bonds. The van der Waals surface area contributed by atoms with Gasteiger partial charge >= 0.3 is 19.9 Å². The van der Waals surface area contributed by atoms with Crippen molar-refractivity contribution in [2.75, 3.05) is 30.7 Å². The van der Waals surface area contributed by atoms with Gasteiger partial charge in [0.25, 0.3) is 0 Å². The van der Waals surface area contributed by atoms with Crippen LogP contribution in [0.25, 0.3) is 11.0 Å². The molecule has 2 aromatic carbocycles. The lowest BCUT2D eigenvalue weighted by molar-refractivity contribution is -0.149. The first-order valence-corrected chi connectivity index (χ1v) is 19.6. The van der Waals surface area contributed by atoms with E-state index in [1.54, 1.807) is 0 Å². The fraction of sp³-hybridized carbons (Fsp3) is 0.387. The van der Waals surface area contributed by atoms with Crippen LogP contribution < -0.4 is 25.2 Å². The number of nitrogens with one attached hydrogen (secondary N) is 2. The van der Waals surface area contributed by atoms with Crippen LogP contribution in [0.15, 0.2) is 60.8 Å². The van der Waals surface area contributed by atoms with Gasteiger partial charge < -0.3 is 34.5 Å². The first kappa shape index (κ1) is 41.1. The minimum Gasteiger partial charge on any atom is -0.460 e. The molecule has 4 unspecified atom stereocenters. The van der Waals surface area contributed by atoms with E-state index >= 15 is 0 Å². The minimum atomic E-state index is -4.70. The van der Waals surface area contributed by atoms with Gasteiger partial charge in [0.1, 0.15) is 41.9 Å². The highest BCUT2D eigenvalue weighted by atomic mass is 35.5. The fourth-order valence-electron chi connectivity index (χ4n) is 5.53. The lowest BCUT2D eigenvalue weighted by Gasteiger charge is -2.28. The molecule has 17 nitrogen and oxygen atoms in total. The van der Waals surface area contributed by atoms with E-state index in [2.05, 4.69) is 19.9 Å². The summed E-state index contributed by atoms with van der Waals surface area (Å²) in [5.41, 5.74) is 2.64. The predicted octanol–water partition coefficient (Wildman–Crippen LogP) is 3.52. The van der Waals surface area contributed by atoms with Crippen LogP contribution in [0.1, 0.15) is 31.2 Å². The number of hydrogen-bond donors (Lipinski definition) is 5. The van der Waals surface area contributed by atoms with E-state index in [1.807, 2.05) is 0 Å². The minimum absolute atomic E-state index is 0.0325. The molecule has 2 aromatic heterocycles. The Morgan fingerprint density at radius 3 is 2.52 bits per heavy atom. The van der Waals surface area contributed by atoms with Crippen molar-refractivity contribution in [1.29, 1.82) is 0 Å². The van der Waals surface area contributed by atoms with Gasteiger partial charge in [-0.25, -0.2) is 13.0 Å². The highest BCUT2D eigenvalue weighted by Crippen LogP contribution is 2.47. The van der Waals surface area contributed by atoms with Gasteiger partial charge in [0.2, 0.25) is 16.0 Å². The van der Waals surface area contributed by atoms with Gasteiger partial charge in [-0.15, -0.1) is 4.83 Å². The zero-order valence-electron chi connectivity index (χ0n) is 28.9. The number of carbonyl (C=O) groups excluding carboxylic acids is 1. The molecule has 4 aromatic rings. The number of nitrogens with two attached hydrogens (primary N) is 1. The number of ether oxygens (including phenoxy) is 2. The van der Waals surface area contributed by atoms with Crippen LogP contribution in [-0.2, 0) is 46.2 Å². The molecule has 6 atom stereocenters. The number of sulfonamides is 1. The highest BCUT2D eigenvalue weighted by molar-refractivity contribution is 7.88. The highest BCUT2D eigenvalue weighted by Gasteiger charge is 2.54. The maximum absolute atomic E-state index is 14.2. The summed E-state index contributed by atoms with van der Waals surface area (Å²) in [5, 5.41) is 26.8. The maximum atomic E-state index is 14.2. The van der Waals surface area contributed by atoms with E-state index in [4.69, 9.17) is 35.9 Å². The van der Waals surface area contributed by atoms with Crippen molar-refractivity contribution < 1.29 is 59.7 Å². The number of aliphatic hydroxyl groups is 2. The third-order valence-corrected chi connectivity index (χ3v) is 10.5. The molecule has 0 aliphatic carbocycles. The molecule has 3 heterocycles. The Hall–Kier alpha value is -4.05. The van der Waals surface area contributed by atoms with Crippen LogP contribution in [0.4, 0.5) is 24.9 Å². The second-order valence-corrected chi connectivity index (χ2v) is 16.3. The molecular formula is C31H36ClF3N7O10PS. The summed E-state index contributed by atoms with van der Waals surface area (Å²) in [6.07, 6.45) is -6.82. The van der Waals surface area contributed by atoms with Gasteiger partial charge in [-0.05, 0) is 50.2 Å². The van der Waals surface area contributed by atoms with E-state index in [1.165, 1.54) is 74.1 Å². The number of nitrogens with zero attached hydrogens (tertiary/aromatic N) is 4. The van der Waals surface area contributed by atoms with Gasteiger partial charge in [-0.1, -0.05) is 29.8 Å². The van der Waals surface area contributed by atoms with Gasteiger partial charge in [0.15, 0.2) is 12.0 Å². The number of anilines is 2. The van der Waals surface area contributed by atoms with E-state index < -0.39 is 78.8 Å². The normalized spacial score (nSPS) is 22.1. The Morgan fingerprint density at radius 2 is 1.87 bits per heavy atom. The molecule has 23 heteroatoms. The van der Waals surface area contributed by atoms with Crippen LogP contribution >= 0.6 is 19.3 Å². The van der Waals surface area contributed by atoms with E-state index in [0.717, 1.165) is 23.4 Å². The Balaban J connectivity index is 1.35. The number of hydrazine groups is 1. The molecule has 6 N–H and O–H groups in total. The quantitative estimate of drug-likeness (QED) is 0.0696. The molecular weight excluding hydrogens is 786 g/mol. The summed E-state index contributed by atoms with van der Waals surface area (Å²) in [7, 11) is -6.97. The van der Waals surface area contributed by atoms with Gasteiger partial charge in [0, 0.05) is 23.8 Å². The lowest BCUT2D eigenvalue weighted by atomic mass is 9.96. The van der Waals surface area contributed by atoms with Crippen LogP contribution in [0, 0.1) is 0 Å². The number of carbonyl (C=O) groups is 1. The van der Waals surface area contributed by atoms with E-state index in [9.17, 15) is 41.2 Å². The topological polar surface area (TPSA) is 230 Å². The molecule has 1 fully saturated rings. The summed E-state index contributed by atoms with van der Waals surface area (Å²) >= 11 is 5.96. The Labute approximate surface area is 311 Å². The Kier molecular flexibility index (Phi) is 11.9. The largest absolute Gasteiger partial charge is 0.460 e. The first-order valence-electron chi connectivity index (χ1n) is 15.8. The third-order valence-electron chi connectivity index (χ3n) is 8.04. The van der Waals surface area contributed by atoms with Crippen molar-refractivity contribution in [3.8, 4) is 5.75 Å². The third kappa shape index (κ3) is 9.42. The number of benzene rings is 2. The Morgan fingerprint density at radius 1 is 1.20 bits per heavy atom. The van der Waals surface area contributed by atoms with Crippen LogP contribution in [0.5, 0.6) is 5.75 Å². The lowest BCUT2D eigenvalue weighted by Crippen LogP contribution is -2.44. The number of rotatable bonds is 14. The predicted molar refractivity (Wildman–Crippen MR) is 188 cm³/mol. The van der Waals surface area contributed by atoms with E-state index in [0.29, 0.717) is 5.02 Å². The molecule has 5 rings (SSSR count). The SMILES string of the molecule is CC(NP(=O)(OCC1OC(n2ccc3c(N(C)NS(C)(=O)=O)nc(N)nc32)[C@](C)(O)[C@@H]1O)Oc1ccc(Cl)cc1)C(=O)OCc1ccccc1C(F)(F)F. The number of esters is 1. The molecule has 1 saturated heterocycles. The summed E-state index contributed by atoms with van der Waals surface area (Å²) in [6.45, 7) is 1.00. The fourth-order valence-corrected chi connectivity index (χ4v) is 7.74. The molecule has 1 aliphatic heterocycles. The second kappa shape index (κ2) is 15.6. The molecule has 0 saturated carbocycles. The zero-order valence-corrected chi connectivity index (χ0v) is 31.4. The number of alkyl halides is 3. The standard InChI is InChI=1S/C31H36ClF3N7O10PS/c1-17(27(44)49-15-18-7-5-6-8-22(18)31(33,34)35)39-53(46,52-20-11-9-19(32)10-12-20)50-16-23-24(43)30(2,45)28(51-23)42-14-13-21-25(37-29(36)38-26(21)42)41(3)40-54(4,47)48/h5-14,17,23-24,28,40,43,45H,15-16H2,1-4H3,(H,39,46)(H2,36,37,38)/t17?,23?,24-,28?,30-,53?/m1/s1. The monoisotopic (exact) mass is 821 g/mol. The van der Waals surface area contributed by atoms with Crippen molar-refractivity contribution in [2.45, 2.75) is 56.7 Å². The second-order valence-electron chi connectivity index (χ2n) is 12.4. The number of fused-ring (bicyclic) bond motifs is 1. The maximum Gasteiger partial charge on any atom is 0.459 e. The summed E-state index contributed by atoms with van der Waals surface area (Å²) < 4.78 is 102. The molecule has 0 spiro atoms. The number of nitrogen functional groups attached to an aromatic ring is 1. The average Bonchev–Trinajstić information content (AvgIpc) is 3.58. The number of aliphatic hydroxyl groups excluding tert-OH is 1. The zero-order chi connectivity index (χ0) is 39.8. The summed E-state index contributed by atoms with van der Waals surface area (Å²) in [4.78, 5) is 23.5.